The van der Waals surface area contributed by atoms with E-state index in [0.29, 0.717) is 5.56 Å². The second kappa shape index (κ2) is 5.46. The van der Waals surface area contributed by atoms with Crippen molar-refractivity contribution in [3.8, 4) is 5.75 Å². The van der Waals surface area contributed by atoms with Crippen LogP contribution in [-0.4, -0.2) is 24.7 Å². The molecule has 3 N–H and O–H groups in total. The van der Waals surface area contributed by atoms with Crippen molar-refractivity contribution in [2.24, 2.45) is 11.7 Å². The van der Waals surface area contributed by atoms with Gasteiger partial charge >= 0.3 is 5.97 Å². The Morgan fingerprint density at radius 2 is 2.25 bits per heavy atom. The molecule has 0 aliphatic heterocycles. The number of phenolic OH excluding ortho intramolecular Hbond substituents is 1. The van der Waals surface area contributed by atoms with Crippen molar-refractivity contribution in [2.75, 3.05) is 13.7 Å². The molecule has 16 heavy (non-hydrogen) atoms. The summed E-state index contributed by atoms with van der Waals surface area (Å²) in [5.41, 5.74) is 5.93. The maximum atomic E-state index is 13.0. The predicted molar refractivity (Wildman–Crippen MR) is 56.3 cm³/mol. The number of hydrogen-bond acceptors (Lipinski definition) is 4. The minimum absolute atomic E-state index is 0.115. The molecule has 0 heterocycles. The van der Waals surface area contributed by atoms with Gasteiger partial charge in [0.2, 0.25) is 0 Å². The third kappa shape index (κ3) is 3.20. The molecule has 0 saturated heterocycles. The summed E-state index contributed by atoms with van der Waals surface area (Å²) in [6.07, 6.45) is 0.245. The standard InChI is InChI=1S/C11H14FNO3/c1-16-11(15)8(6-13)2-7-3-9(12)5-10(14)4-7/h3-5,8,14H,2,6,13H2,1H3. The van der Waals surface area contributed by atoms with Crippen LogP contribution in [0.2, 0.25) is 0 Å². The molecule has 0 aliphatic carbocycles. The van der Waals surface area contributed by atoms with E-state index in [1.165, 1.54) is 19.2 Å². The van der Waals surface area contributed by atoms with Gasteiger partial charge in [0.25, 0.3) is 0 Å². The maximum Gasteiger partial charge on any atom is 0.310 e. The van der Waals surface area contributed by atoms with Gasteiger partial charge in [0, 0.05) is 12.6 Å². The van der Waals surface area contributed by atoms with Crippen molar-refractivity contribution >= 4 is 5.97 Å². The van der Waals surface area contributed by atoms with Gasteiger partial charge in [0.15, 0.2) is 0 Å². The van der Waals surface area contributed by atoms with Crippen LogP contribution in [0.4, 0.5) is 4.39 Å². The number of hydrogen-bond donors (Lipinski definition) is 2. The molecule has 1 rings (SSSR count). The molecule has 5 heteroatoms. The summed E-state index contributed by atoms with van der Waals surface area (Å²) in [6, 6.07) is 3.65. The minimum Gasteiger partial charge on any atom is -0.508 e. The zero-order chi connectivity index (χ0) is 12.1. The van der Waals surface area contributed by atoms with Crippen molar-refractivity contribution < 1.29 is 19.0 Å². The maximum absolute atomic E-state index is 13.0. The third-order valence-corrected chi connectivity index (χ3v) is 2.24. The Labute approximate surface area is 92.8 Å². The Balaban J connectivity index is 2.81. The molecule has 0 spiro atoms. The van der Waals surface area contributed by atoms with Crippen LogP contribution in [0.1, 0.15) is 5.56 Å². The molecule has 0 radical (unpaired) electrons. The van der Waals surface area contributed by atoms with E-state index in [-0.39, 0.29) is 18.7 Å². The van der Waals surface area contributed by atoms with Gasteiger partial charge in [-0.2, -0.15) is 0 Å². The highest BCUT2D eigenvalue weighted by atomic mass is 19.1. The number of benzene rings is 1. The van der Waals surface area contributed by atoms with Crippen molar-refractivity contribution in [3.63, 3.8) is 0 Å². The predicted octanol–water partition coefficient (Wildman–Crippen LogP) is 0.822. The topological polar surface area (TPSA) is 72.5 Å². The first kappa shape index (κ1) is 12.4. The second-order valence-corrected chi connectivity index (χ2v) is 3.48. The normalized spacial score (nSPS) is 12.2. The van der Waals surface area contributed by atoms with Crippen LogP contribution in [-0.2, 0) is 16.0 Å². The summed E-state index contributed by atoms with van der Waals surface area (Å²) in [7, 11) is 1.27. The summed E-state index contributed by atoms with van der Waals surface area (Å²) in [5, 5.41) is 9.19. The zero-order valence-electron chi connectivity index (χ0n) is 8.94. The Morgan fingerprint density at radius 1 is 1.56 bits per heavy atom. The Morgan fingerprint density at radius 3 is 2.75 bits per heavy atom. The van der Waals surface area contributed by atoms with Gasteiger partial charge in [-0.3, -0.25) is 4.79 Å². The molecule has 0 amide bonds. The smallest absolute Gasteiger partial charge is 0.310 e. The lowest BCUT2D eigenvalue weighted by Crippen LogP contribution is -2.26. The number of carbonyl (C=O) groups excluding carboxylic acids is 1. The Kier molecular flexibility index (Phi) is 4.25. The van der Waals surface area contributed by atoms with E-state index in [0.717, 1.165) is 6.07 Å². The molecule has 1 atom stereocenters. The van der Waals surface area contributed by atoms with E-state index in [9.17, 15) is 14.3 Å². The SMILES string of the molecule is COC(=O)C(CN)Cc1cc(O)cc(F)c1. The fourth-order valence-corrected chi connectivity index (χ4v) is 1.47. The van der Waals surface area contributed by atoms with Crippen LogP contribution < -0.4 is 5.73 Å². The molecule has 0 aromatic heterocycles. The lowest BCUT2D eigenvalue weighted by molar-refractivity contribution is -0.145. The Hall–Kier alpha value is -1.62. The number of ether oxygens (including phenoxy) is 1. The van der Waals surface area contributed by atoms with Crippen molar-refractivity contribution in [1.29, 1.82) is 0 Å². The first-order valence-corrected chi connectivity index (χ1v) is 4.83. The van der Waals surface area contributed by atoms with Crippen LogP contribution in [0.25, 0.3) is 0 Å². The molecule has 0 saturated carbocycles. The van der Waals surface area contributed by atoms with E-state index in [2.05, 4.69) is 4.74 Å². The number of esters is 1. The number of aromatic hydroxyl groups is 1. The fourth-order valence-electron chi connectivity index (χ4n) is 1.47. The van der Waals surface area contributed by atoms with Crippen LogP contribution in [0, 0.1) is 11.7 Å². The van der Waals surface area contributed by atoms with Gasteiger partial charge in [0.05, 0.1) is 13.0 Å². The van der Waals surface area contributed by atoms with Crippen molar-refractivity contribution in [3.05, 3.63) is 29.6 Å². The monoisotopic (exact) mass is 227 g/mol. The summed E-state index contributed by atoms with van der Waals surface area (Å²) >= 11 is 0. The third-order valence-electron chi connectivity index (χ3n) is 2.24. The molecule has 1 unspecified atom stereocenters. The molecule has 0 aliphatic rings. The van der Waals surface area contributed by atoms with E-state index in [1.807, 2.05) is 0 Å². The first-order valence-electron chi connectivity index (χ1n) is 4.83. The molecular formula is C11H14FNO3. The fraction of sp³-hybridized carbons (Fsp3) is 0.364. The van der Waals surface area contributed by atoms with Gasteiger partial charge in [-0.05, 0) is 24.1 Å². The van der Waals surface area contributed by atoms with Crippen molar-refractivity contribution in [2.45, 2.75) is 6.42 Å². The number of rotatable bonds is 4. The second-order valence-electron chi connectivity index (χ2n) is 3.48. The van der Waals surface area contributed by atoms with Crippen LogP contribution in [0.3, 0.4) is 0 Å². The quantitative estimate of drug-likeness (QED) is 0.747. The molecule has 4 nitrogen and oxygen atoms in total. The lowest BCUT2D eigenvalue weighted by atomic mass is 9.99. The average Bonchev–Trinajstić information content (AvgIpc) is 2.23. The van der Waals surface area contributed by atoms with Gasteiger partial charge in [-0.25, -0.2) is 4.39 Å². The number of phenols is 1. The van der Waals surface area contributed by atoms with Crippen LogP contribution in [0.15, 0.2) is 18.2 Å². The largest absolute Gasteiger partial charge is 0.508 e. The van der Waals surface area contributed by atoms with Crippen LogP contribution in [0.5, 0.6) is 5.75 Å². The Bertz CT molecular complexity index is 361. The summed E-state index contributed by atoms with van der Waals surface area (Å²) in [4.78, 5) is 11.3. The van der Waals surface area contributed by atoms with E-state index in [4.69, 9.17) is 5.73 Å². The number of halogens is 1. The number of methoxy groups -OCH3 is 1. The first-order chi connectivity index (χ1) is 7.56. The minimum atomic E-state index is -0.546. The number of nitrogens with two attached hydrogens (primary N) is 1. The average molecular weight is 227 g/mol. The molecule has 1 aromatic carbocycles. The molecular weight excluding hydrogens is 213 g/mol. The molecule has 0 fully saturated rings. The summed E-state index contributed by atoms with van der Waals surface area (Å²) in [6.45, 7) is 0.115. The molecule has 88 valence electrons. The lowest BCUT2D eigenvalue weighted by Gasteiger charge is -2.12. The molecule has 1 aromatic rings. The van der Waals surface area contributed by atoms with E-state index < -0.39 is 17.7 Å². The van der Waals surface area contributed by atoms with Gasteiger partial charge < -0.3 is 15.6 Å². The summed E-state index contributed by atoms with van der Waals surface area (Å²) in [5.74, 6) is -1.68. The van der Waals surface area contributed by atoms with Gasteiger partial charge in [-0.15, -0.1) is 0 Å². The van der Waals surface area contributed by atoms with Crippen molar-refractivity contribution in [1.82, 2.24) is 0 Å². The van der Waals surface area contributed by atoms with Gasteiger partial charge in [0.1, 0.15) is 11.6 Å². The van der Waals surface area contributed by atoms with E-state index in [1.54, 1.807) is 0 Å². The van der Waals surface area contributed by atoms with E-state index >= 15 is 0 Å². The highest BCUT2D eigenvalue weighted by molar-refractivity contribution is 5.72. The van der Waals surface area contributed by atoms with Crippen LogP contribution >= 0.6 is 0 Å². The highest BCUT2D eigenvalue weighted by Crippen LogP contribution is 2.17. The van der Waals surface area contributed by atoms with Gasteiger partial charge in [-0.1, -0.05) is 0 Å². The highest BCUT2D eigenvalue weighted by Gasteiger charge is 2.18. The molecule has 0 bridgehead atoms. The number of carbonyl (C=O) groups is 1. The summed E-state index contributed by atoms with van der Waals surface area (Å²) < 4.78 is 17.5. The zero-order valence-corrected chi connectivity index (χ0v) is 8.94.